The van der Waals surface area contributed by atoms with Crippen molar-refractivity contribution in [2.24, 2.45) is 0 Å². The van der Waals surface area contributed by atoms with Crippen molar-refractivity contribution in [1.29, 1.82) is 0 Å². The molecular weight excluding hydrogens is 581 g/mol. The molecule has 3 aromatic carbocycles. The molecule has 3 aromatic rings. The average molecular weight is 617 g/mol. The van der Waals surface area contributed by atoms with E-state index in [9.17, 15) is 18.0 Å². The molecule has 1 aliphatic carbocycles. The fraction of sp³-hybridized carbons (Fsp3) is 0.355. The van der Waals surface area contributed by atoms with Gasteiger partial charge in [0.15, 0.2) is 0 Å². The maximum Gasteiger partial charge on any atom is 0.264 e. The molecule has 0 saturated heterocycles. The minimum absolute atomic E-state index is 0.0112. The second-order valence-electron chi connectivity index (χ2n) is 10.5. The summed E-state index contributed by atoms with van der Waals surface area (Å²) in [7, 11) is -4.20. The molecule has 1 fully saturated rings. The van der Waals surface area contributed by atoms with Crippen LogP contribution in [0.25, 0.3) is 0 Å². The molecule has 41 heavy (non-hydrogen) atoms. The molecule has 0 heterocycles. The number of rotatable bonds is 10. The van der Waals surface area contributed by atoms with Crippen LogP contribution in [0.5, 0.6) is 0 Å². The molecule has 1 N–H and O–H groups in total. The van der Waals surface area contributed by atoms with Gasteiger partial charge in [-0.05, 0) is 62.6 Å². The van der Waals surface area contributed by atoms with E-state index in [1.54, 1.807) is 25.1 Å². The minimum Gasteiger partial charge on any atom is -0.352 e. The van der Waals surface area contributed by atoms with E-state index in [0.29, 0.717) is 0 Å². The number of aryl methyl sites for hydroxylation is 1. The number of nitrogens with zero attached hydrogens (tertiary/aromatic N) is 2. The Kier molecular flexibility index (Phi) is 10.3. The molecule has 0 unspecified atom stereocenters. The summed E-state index contributed by atoms with van der Waals surface area (Å²) in [6, 6.07) is 19.1. The Morgan fingerprint density at radius 2 is 1.54 bits per heavy atom. The standard InChI is InChI=1S/C31H35Cl2N3O4S/c1-22-13-15-24(16-14-22)20-35(23(2)31(38)34-27-9-5-3-6-10-27)30(37)21-36(28-18-25(32)17-26(33)19-28)41(39,40)29-11-7-4-8-12-29/h4,7-8,11-19,23,27H,3,5-6,9-10,20-21H2,1-2H3,(H,34,38)/t23-/m1/s1. The number of carbonyl (C=O) groups excluding carboxylic acids is 2. The monoisotopic (exact) mass is 615 g/mol. The second-order valence-corrected chi connectivity index (χ2v) is 13.2. The lowest BCUT2D eigenvalue weighted by Crippen LogP contribution is -2.53. The lowest BCUT2D eigenvalue weighted by molar-refractivity contribution is -0.139. The molecule has 1 aliphatic rings. The molecule has 0 aromatic heterocycles. The van der Waals surface area contributed by atoms with Crippen LogP contribution < -0.4 is 9.62 Å². The SMILES string of the molecule is Cc1ccc(CN(C(=O)CN(c2cc(Cl)cc(Cl)c2)S(=O)(=O)c2ccccc2)[C@H](C)C(=O)NC2CCCCC2)cc1. The van der Waals surface area contributed by atoms with Crippen LogP contribution in [0.1, 0.15) is 50.2 Å². The summed E-state index contributed by atoms with van der Waals surface area (Å²) in [5, 5.41) is 3.56. The molecule has 1 atom stereocenters. The number of anilines is 1. The van der Waals surface area contributed by atoms with Gasteiger partial charge < -0.3 is 10.2 Å². The van der Waals surface area contributed by atoms with Crippen molar-refractivity contribution in [1.82, 2.24) is 10.2 Å². The molecule has 0 bridgehead atoms. The Morgan fingerprint density at radius 3 is 2.15 bits per heavy atom. The number of amides is 2. The molecule has 4 rings (SSSR count). The fourth-order valence-electron chi connectivity index (χ4n) is 4.97. The lowest BCUT2D eigenvalue weighted by Gasteiger charge is -2.33. The first-order valence-corrected chi connectivity index (χ1v) is 15.9. The van der Waals surface area contributed by atoms with Crippen molar-refractivity contribution in [3.8, 4) is 0 Å². The molecule has 2 amide bonds. The summed E-state index contributed by atoms with van der Waals surface area (Å²) in [5.74, 6) is -0.798. The van der Waals surface area contributed by atoms with E-state index in [-0.39, 0.29) is 39.1 Å². The van der Waals surface area contributed by atoms with Gasteiger partial charge in [0.05, 0.1) is 10.6 Å². The number of halogens is 2. The van der Waals surface area contributed by atoms with Crippen molar-refractivity contribution < 1.29 is 18.0 Å². The van der Waals surface area contributed by atoms with E-state index in [4.69, 9.17) is 23.2 Å². The maximum atomic E-state index is 14.1. The van der Waals surface area contributed by atoms with Gasteiger partial charge in [-0.1, -0.05) is 90.5 Å². The van der Waals surface area contributed by atoms with Gasteiger partial charge in [0.2, 0.25) is 11.8 Å². The van der Waals surface area contributed by atoms with Crippen LogP contribution in [0.4, 0.5) is 5.69 Å². The van der Waals surface area contributed by atoms with E-state index in [2.05, 4.69) is 5.32 Å². The molecule has 218 valence electrons. The predicted octanol–water partition coefficient (Wildman–Crippen LogP) is 6.36. The molecule has 0 aliphatic heterocycles. The smallest absolute Gasteiger partial charge is 0.264 e. The predicted molar refractivity (Wildman–Crippen MR) is 164 cm³/mol. The summed E-state index contributed by atoms with van der Waals surface area (Å²) in [6.45, 7) is 3.22. The Hall–Kier alpha value is -3.07. The number of hydrogen-bond acceptors (Lipinski definition) is 4. The van der Waals surface area contributed by atoms with Crippen molar-refractivity contribution in [3.63, 3.8) is 0 Å². The van der Waals surface area contributed by atoms with E-state index >= 15 is 0 Å². The summed E-state index contributed by atoms with van der Waals surface area (Å²) < 4.78 is 28.7. The van der Waals surface area contributed by atoms with Gasteiger partial charge in [0.1, 0.15) is 12.6 Å². The first-order valence-electron chi connectivity index (χ1n) is 13.7. The van der Waals surface area contributed by atoms with Crippen molar-refractivity contribution >= 4 is 50.7 Å². The van der Waals surface area contributed by atoms with Gasteiger partial charge in [-0.15, -0.1) is 0 Å². The highest BCUT2D eigenvalue weighted by Crippen LogP contribution is 2.30. The van der Waals surface area contributed by atoms with E-state index in [1.807, 2.05) is 31.2 Å². The van der Waals surface area contributed by atoms with Gasteiger partial charge in [-0.25, -0.2) is 8.42 Å². The lowest BCUT2D eigenvalue weighted by atomic mass is 9.95. The highest BCUT2D eigenvalue weighted by atomic mass is 35.5. The molecular formula is C31H35Cl2N3O4S. The number of benzene rings is 3. The van der Waals surface area contributed by atoms with Crippen molar-refractivity contribution in [2.45, 2.75) is 69.5 Å². The van der Waals surface area contributed by atoms with Gasteiger partial charge in [0.25, 0.3) is 10.0 Å². The number of nitrogens with one attached hydrogen (secondary N) is 1. The van der Waals surface area contributed by atoms with E-state index < -0.39 is 28.5 Å². The van der Waals surface area contributed by atoms with Gasteiger partial charge in [-0.3, -0.25) is 13.9 Å². The third kappa shape index (κ3) is 8.03. The van der Waals surface area contributed by atoms with Gasteiger partial charge in [0, 0.05) is 22.6 Å². The van der Waals surface area contributed by atoms with Crippen LogP contribution in [0.3, 0.4) is 0 Å². The first-order chi connectivity index (χ1) is 19.5. The Labute approximate surface area is 252 Å². The highest BCUT2D eigenvalue weighted by molar-refractivity contribution is 7.92. The van der Waals surface area contributed by atoms with Crippen LogP contribution in [0, 0.1) is 6.92 Å². The Balaban J connectivity index is 1.68. The maximum absolute atomic E-state index is 14.1. The zero-order chi connectivity index (χ0) is 29.6. The molecule has 0 spiro atoms. The number of sulfonamides is 1. The fourth-order valence-corrected chi connectivity index (χ4v) is 6.91. The van der Waals surface area contributed by atoms with Gasteiger partial charge in [-0.2, -0.15) is 0 Å². The zero-order valence-electron chi connectivity index (χ0n) is 23.2. The first kappa shape index (κ1) is 30.9. The highest BCUT2D eigenvalue weighted by Gasteiger charge is 2.33. The summed E-state index contributed by atoms with van der Waals surface area (Å²) >= 11 is 12.5. The molecule has 10 heteroatoms. The Bertz CT molecular complexity index is 1440. The quantitative estimate of drug-likeness (QED) is 0.287. The molecule has 1 saturated carbocycles. The van der Waals surface area contributed by atoms with Crippen molar-refractivity contribution in [2.75, 3.05) is 10.8 Å². The van der Waals surface area contributed by atoms with Crippen molar-refractivity contribution in [3.05, 3.63) is 94.0 Å². The normalized spacial score (nSPS) is 14.7. The number of hydrogen-bond donors (Lipinski definition) is 1. The second kappa shape index (κ2) is 13.7. The topological polar surface area (TPSA) is 86.8 Å². The largest absolute Gasteiger partial charge is 0.352 e. The third-order valence-electron chi connectivity index (χ3n) is 7.34. The van der Waals surface area contributed by atoms with Crippen LogP contribution in [-0.2, 0) is 26.2 Å². The zero-order valence-corrected chi connectivity index (χ0v) is 25.6. The Morgan fingerprint density at radius 1 is 0.927 bits per heavy atom. The number of carbonyl (C=O) groups is 2. The third-order valence-corrected chi connectivity index (χ3v) is 9.56. The minimum atomic E-state index is -4.20. The van der Waals surface area contributed by atoms with E-state index in [0.717, 1.165) is 47.5 Å². The van der Waals surface area contributed by atoms with Gasteiger partial charge >= 0.3 is 0 Å². The summed E-state index contributed by atoms with van der Waals surface area (Å²) in [5.41, 5.74) is 2.03. The summed E-state index contributed by atoms with van der Waals surface area (Å²) in [6.07, 6.45) is 5.07. The summed E-state index contributed by atoms with van der Waals surface area (Å²) in [4.78, 5) is 28.9. The van der Waals surface area contributed by atoms with Crippen LogP contribution in [0.2, 0.25) is 10.0 Å². The van der Waals surface area contributed by atoms with Crippen LogP contribution in [0.15, 0.2) is 77.7 Å². The van der Waals surface area contributed by atoms with Crippen LogP contribution >= 0.6 is 23.2 Å². The van der Waals surface area contributed by atoms with Crippen LogP contribution in [-0.4, -0.2) is 43.8 Å². The average Bonchev–Trinajstić information content (AvgIpc) is 2.95. The molecule has 7 nitrogen and oxygen atoms in total. The molecule has 0 radical (unpaired) electrons. The van der Waals surface area contributed by atoms with E-state index in [1.165, 1.54) is 35.2 Å².